The number of nitrogen functional groups attached to an aromatic ring is 1. The summed E-state index contributed by atoms with van der Waals surface area (Å²) in [5, 5.41) is 9.32. The minimum atomic E-state index is -0.732. The number of hydrogen-bond donors (Lipinski definition) is 1. The molecule has 1 aromatic rings. The highest BCUT2D eigenvalue weighted by molar-refractivity contribution is 5.30. The Kier molecular flexibility index (Phi) is 10.1. The van der Waals surface area contributed by atoms with Gasteiger partial charge in [-0.25, -0.2) is 0 Å². The summed E-state index contributed by atoms with van der Waals surface area (Å²) in [6, 6.07) is 5.67. The lowest BCUT2D eigenvalue weighted by Crippen LogP contribution is -2.48. The van der Waals surface area contributed by atoms with Crippen molar-refractivity contribution in [3.8, 4) is 6.07 Å². The molecule has 1 saturated heterocycles. The second-order valence-electron chi connectivity index (χ2n) is 8.14. The van der Waals surface area contributed by atoms with E-state index in [4.69, 9.17) is 24.8 Å². The number of nitrogens with zero attached hydrogens (tertiary/aromatic N) is 2. The molecule has 0 aromatic carbocycles. The van der Waals surface area contributed by atoms with Crippen molar-refractivity contribution >= 4 is 0 Å². The Morgan fingerprint density at radius 3 is 2.40 bits per heavy atom. The summed E-state index contributed by atoms with van der Waals surface area (Å²) < 4.78 is 26.6. The molecule has 2 rings (SSSR count). The van der Waals surface area contributed by atoms with E-state index in [1.807, 2.05) is 13.0 Å². The van der Waals surface area contributed by atoms with Gasteiger partial charge in [0, 0.05) is 19.8 Å². The first kappa shape index (κ1) is 24.7. The minimum absolute atomic E-state index is 0.268. The van der Waals surface area contributed by atoms with Gasteiger partial charge in [0.05, 0.1) is 12.3 Å². The van der Waals surface area contributed by atoms with E-state index in [1.165, 1.54) is 4.68 Å². The van der Waals surface area contributed by atoms with E-state index < -0.39 is 11.7 Å². The first-order chi connectivity index (χ1) is 14.5. The lowest BCUT2D eigenvalue weighted by Gasteiger charge is -2.35. The van der Waals surface area contributed by atoms with Crippen LogP contribution in [-0.2, 0) is 18.9 Å². The average Bonchev–Trinajstić information content (AvgIpc) is 3.23. The van der Waals surface area contributed by atoms with Crippen LogP contribution in [0.3, 0.4) is 0 Å². The number of aromatic nitrogens is 1. The lowest BCUT2D eigenvalue weighted by atomic mass is 9.90. The van der Waals surface area contributed by atoms with Gasteiger partial charge in [0.2, 0.25) is 0 Å². The molecule has 2 N–H and O–H groups in total. The SMILES string of the molecule is CCCCOCC1O[C@@H](c2ccc(C#N)n2N)[C@](C)(OCCCC)[C@@H]1OCCCC. The van der Waals surface area contributed by atoms with E-state index in [0.717, 1.165) is 38.5 Å². The zero-order chi connectivity index (χ0) is 22.0. The second-order valence-corrected chi connectivity index (χ2v) is 8.14. The maximum absolute atomic E-state index is 9.32. The summed E-state index contributed by atoms with van der Waals surface area (Å²) in [5.41, 5.74) is 0.366. The van der Waals surface area contributed by atoms with Crippen molar-refractivity contribution in [1.29, 1.82) is 5.26 Å². The van der Waals surface area contributed by atoms with Crippen molar-refractivity contribution in [3.63, 3.8) is 0 Å². The fraction of sp³-hybridized carbons (Fsp3) is 0.783. The molecule has 0 aliphatic carbocycles. The first-order valence-electron chi connectivity index (χ1n) is 11.4. The Balaban J connectivity index is 2.31. The number of nitriles is 1. The third-order valence-electron chi connectivity index (χ3n) is 5.70. The predicted molar refractivity (Wildman–Crippen MR) is 117 cm³/mol. The summed E-state index contributed by atoms with van der Waals surface area (Å²) in [6.45, 7) is 10.8. The molecule has 4 atom stereocenters. The van der Waals surface area contributed by atoms with Crippen LogP contribution in [0.5, 0.6) is 0 Å². The summed E-state index contributed by atoms with van der Waals surface area (Å²) in [5.74, 6) is 6.21. The topological polar surface area (TPSA) is 91.7 Å². The number of hydrogen-bond acceptors (Lipinski definition) is 6. The van der Waals surface area contributed by atoms with Crippen molar-refractivity contribution in [2.45, 2.75) is 90.1 Å². The third kappa shape index (κ3) is 5.76. The van der Waals surface area contributed by atoms with Crippen LogP contribution in [0.1, 0.15) is 83.7 Å². The number of unbranched alkanes of at least 4 members (excludes halogenated alkanes) is 3. The molecule has 7 nitrogen and oxygen atoms in total. The van der Waals surface area contributed by atoms with Gasteiger partial charge in [-0.1, -0.05) is 40.0 Å². The minimum Gasteiger partial charge on any atom is -0.379 e. The molecule has 30 heavy (non-hydrogen) atoms. The van der Waals surface area contributed by atoms with Crippen LogP contribution >= 0.6 is 0 Å². The Morgan fingerprint density at radius 2 is 1.77 bits per heavy atom. The molecular formula is C23H39N3O4. The molecule has 1 aromatic heterocycles. The van der Waals surface area contributed by atoms with Crippen molar-refractivity contribution in [3.05, 3.63) is 23.5 Å². The zero-order valence-electron chi connectivity index (χ0n) is 19.1. The molecule has 0 spiro atoms. The average molecular weight is 422 g/mol. The Labute approximate surface area is 181 Å². The fourth-order valence-corrected chi connectivity index (χ4v) is 3.83. The van der Waals surface area contributed by atoms with Crippen LogP contribution in [-0.4, -0.2) is 48.9 Å². The highest BCUT2D eigenvalue weighted by atomic mass is 16.6. The predicted octanol–water partition coefficient (Wildman–Crippen LogP) is 4.09. The van der Waals surface area contributed by atoms with Crippen LogP contribution in [0.4, 0.5) is 0 Å². The van der Waals surface area contributed by atoms with Gasteiger partial charge in [-0.3, -0.25) is 4.68 Å². The number of rotatable bonds is 14. The smallest absolute Gasteiger partial charge is 0.139 e. The Morgan fingerprint density at radius 1 is 1.10 bits per heavy atom. The molecule has 1 unspecified atom stereocenters. The molecular weight excluding hydrogens is 382 g/mol. The molecule has 0 saturated carbocycles. The quantitative estimate of drug-likeness (QED) is 0.359. The molecule has 1 aliphatic rings. The maximum atomic E-state index is 9.32. The van der Waals surface area contributed by atoms with E-state index in [2.05, 4.69) is 26.8 Å². The van der Waals surface area contributed by atoms with E-state index in [1.54, 1.807) is 6.07 Å². The van der Waals surface area contributed by atoms with Crippen LogP contribution in [0.15, 0.2) is 12.1 Å². The number of ether oxygens (including phenoxy) is 4. The van der Waals surface area contributed by atoms with Gasteiger partial charge in [-0.15, -0.1) is 0 Å². The van der Waals surface area contributed by atoms with E-state index >= 15 is 0 Å². The monoisotopic (exact) mass is 421 g/mol. The normalized spacial score (nSPS) is 26.2. The van der Waals surface area contributed by atoms with Crippen LogP contribution in [0.2, 0.25) is 0 Å². The van der Waals surface area contributed by atoms with Crippen LogP contribution in [0, 0.1) is 11.3 Å². The summed E-state index contributed by atoms with van der Waals surface area (Å²) in [4.78, 5) is 0. The van der Waals surface area contributed by atoms with Crippen molar-refractivity contribution in [1.82, 2.24) is 4.68 Å². The maximum Gasteiger partial charge on any atom is 0.139 e. The molecule has 0 bridgehead atoms. The molecule has 1 aliphatic heterocycles. The Hall–Kier alpha value is -1.59. The highest BCUT2D eigenvalue weighted by Crippen LogP contribution is 2.46. The van der Waals surface area contributed by atoms with Crippen molar-refractivity contribution in [2.75, 3.05) is 32.3 Å². The third-order valence-corrected chi connectivity index (χ3v) is 5.70. The lowest BCUT2D eigenvalue weighted by molar-refractivity contribution is -0.138. The summed E-state index contributed by atoms with van der Waals surface area (Å²) in [7, 11) is 0. The van der Waals surface area contributed by atoms with Gasteiger partial charge >= 0.3 is 0 Å². The molecule has 2 heterocycles. The van der Waals surface area contributed by atoms with E-state index in [-0.39, 0.29) is 12.2 Å². The van der Waals surface area contributed by atoms with Gasteiger partial charge < -0.3 is 24.8 Å². The van der Waals surface area contributed by atoms with Gasteiger partial charge in [0.15, 0.2) is 0 Å². The van der Waals surface area contributed by atoms with Crippen molar-refractivity contribution in [2.24, 2.45) is 0 Å². The van der Waals surface area contributed by atoms with Gasteiger partial charge in [-0.2, -0.15) is 5.26 Å². The van der Waals surface area contributed by atoms with E-state index in [9.17, 15) is 5.26 Å². The molecule has 1 fully saturated rings. The van der Waals surface area contributed by atoms with Crippen LogP contribution in [0.25, 0.3) is 0 Å². The molecule has 0 radical (unpaired) electrons. The first-order valence-corrected chi connectivity index (χ1v) is 11.4. The highest BCUT2D eigenvalue weighted by Gasteiger charge is 2.57. The number of nitrogens with two attached hydrogens (primary N) is 1. The van der Waals surface area contributed by atoms with Gasteiger partial charge in [-0.05, 0) is 38.3 Å². The molecule has 170 valence electrons. The standard InChI is InChI=1S/C23H39N3O4/c1-5-8-13-27-17-20-22(28-14-9-6-2)23(4,29-15-10-7-3)21(30-20)19-12-11-18(16-24)26(19)25/h11-12,20-22H,5-10,13-15,17,25H2,1-4H3/t20?,21-,22+,23-/m0/s1. The van der Waals surface area contributed by atoms with Gasteiger partial charge in [0.1, 0.15) is 35.7 Å². The second kappa shape index (κ2) is 12.3. The largest absolute Gasteiger partial charge is 0.379 e. The molecule has 0 amide bonds. The summed E-state index contributed by atoms with van der Waals surface area (Å²) in [6.07, 6.45) is 5.11. The fourth-order valence-electron chi connectivity index (χ4n) is 3.83. The van der Waals surface area contributed by atoms with Crippen LogP contribution < -0.4 is 5.84 Å². The zero-order valence-corrected chi connectivity index (χ0v) is 19.1. The van der Waals surface area contributed by atoms with Gasteiger partial charge in [0.25, 0.3) is 0 Å². The Bertz CT molecular complexity index is 672. The van der Waals surface area contributed by atoms with E-state index in [0.29, 0.717) is 37.8 Å². The molecule has 7 heteroatoms. The summed E-state index contributed by atoms with van der Waals surface area (Å²) >= 11 is 0. The van der Waals surface area contributed by atoms with Crippen molar-refractivity contribution < 1.29 is 18.9 Å².